The molecule has 0 aliphatic rings. The fourth-order valence-corrected chi connectivity index (χ4v) is 1.99. The van der Waals surface area contributed by atoms with E-state index in [0.717, 1.165) is 6.20 Å². The summed E-state index contributed by atoms with van der Waals surface area (Å²) in [5.74, 6) is -0.917. The van der Waals surface area contributed by atoms with Gasteiger partial charge in [-0.25, -0.2) is 9.37 Å². The molecule has 0 radical (unpaired) electrons. The van der Waals surface area contributed by atoms with Crippen molar-refractivity contribution < 1.29 is 19.3 Å². The van der Waals surface area contributed by atoms with Gasteiger partial charge in [-0.15, -0.1) is 11.6 Å². The average Bonchev–Trinajstić information content (AvgIpc) is 2.45. The minimum absolute atomic E-state index is 0.108. The summed E-state index contributed by atoms with van der Waals surface area (Å²) in [5.41, 5.74) is -1.63. The second-order valence-electron chi connectivity index (χ2n) is 4.03. The largest absolute Gasteiger partial charge is 0.481 e. The summed E-state index contributed by atoms with van der Waals surface area (Å²) < 4.78 is 18.9. The molecule has 5 nitrogen and oxygen atoms in total. The van der Waals surface area contributed by atoms with Crippen LogP contribution >= 0.6 is 11.6 Å². The molecule has 2 aromatic heterocycles. The van der Waals surface area contributed by atoms with Crippen LogP contribution in [0.15, 0.2) is 18.3 Å². The predicted molar refractivity (Wildman–Crippen MR) is 67.8 cm³/mol. The molecule has 0 spiro atoms. The molecule has 102 valence electrons. The first-order valence-electron chi connectivity index (χ1n) is 5.44. The zero-order valence-electron chi connectivity index (χ0n) is 10.1. The first-order valence-corrected chi connectivity index (χ1v) is 5.98. The van der Waals surface area contributed by atoms with E-state index in [1.807, 2.05) is 0 Å². The highest BCUT2D eigenvalue weighted by Crippen LogP contribution is 2.31. The number of rotatable bonds is 4. The van der Waals surface area contributed by atoms with Crippen LogP contribution in [0.1, 0.15) is 5.56 Å². The van der Waals surface area contributed by atoms with Gasteiger partial charge in [-0.2, -0.15) is 0 Å². The summed E-state index contributed by atoms with van der Waals surface area (Å²) in [5, 5.41) is 19.5. The Bertz CT molecular complexity index is 605. The number of aliphatic hydroxyl groups is 2. The van der Waals surface area contributed by atoms with Crippen molar-refractivity contribution in [3.63, 3.8) is 0 Å². The number of alkyl halides is 1. The van der Waals surface area contributed by atoms with Crippen LogP contribution in [0, 0.1) is 5.82 Å². The quantitative estimate of drug-likeness (QED) is 0.826. The minimum atomic E-state index is -1.92. The fraction of sp³-hybridized carbons (Fsp3) is 0.333. The molecule has 0 amide bonds. The molecule has 0 unspecified atom stereocenters. The molecule has 2 rings (SSSR count). The number of nitrogens with zero attached hydrogens (tertiary/aromatic N) is 2. The van der Waals surface area contributed by atoms with Crippen LogP contribution < -0.4 is 4.74 Å². The van der Waals surface area contributed by atoms with E-state index < -0.39 is 18.0 Å². The lowest BCUT2D eigenvalue weighted by molar-refractivity contribution is -0.000788. The molecule has 0 aliphatic carbocycles. The molecule has 2 aromatic rings. The van der Waals surface area contributed by atoms with Crippen LogP contribution in [-0.2, 0) is 5.60 Å². The van der Waals surface area contributed by atoms with Gasteiger partial charge in [0, 0.05) is 6.07 Å². The van der Waals surface area contributed by atoms with Gasteiger partial charge in [0.05, 0.1) is 36.9 Å². The van der Waals surface area contributed by atoms with Crippen molar-refractivity contribution >= 4 is 22.6 Å². The SMILES string of the molecule is COc1ccc2ncc(F)c([C@](O)(CO)CCl)c2n1. The Balaban J connectivity index is 2.80. The lowest BCUT2D eigenvalue weighted by atomic mass is 9.95. The van der Waals surface area contributed by atoms with E-state index in [0.29, 0.717) is 5.52 Å². The Morgan fingerprint density at radius 1 is 1.47 bits per heavy atom. The normalized spacial score (nSPS) is 14.4. The summed E-state index contributed by atoms with van der Waals surface area (Å²) in [6.45, 7) is -0.731. The first kappa shape index (κ1) is 13.9. The number of pyridine rings is 2. The number of hydrogen-bond donors (Lipinski definition) is 2. The van der Waals surface area contributed by atoms with E-state index in [1.165, 1.54) is 7.11 Å². The smallest absolute Gasteiger partial charge is 0.213 e. The molecule has 7 heteroatoms. The molecule has 1 atom stereocenters. The fourth-order valence-electron chi connectivity index (χ4n) is 1.77. The highest BCUT2D eigenvalue weighted by atomic mass is 35.5. The summed E-state index contributed by atoms with van der Waals surface area (Å²) in [6, 6.07) is 3.14. The second kappa shape index (κ2) is 5.24. The molecule has 0 fully saturated rings. The summed E-state index contributed by atoms with van der Waals surface area (Å²) in [7, 11) is 1.42. The van der Waals surface area contributed by atoms with Crippen LogP contribution in [0.3, 0.4) is 0 Å². The van der Waals surface area contributed by atoms with Crippen LogP contribution in [-0.4, -0.2) is 39.8 Å². The monoisotopic (exact) mass is 286 g/mol. The van der Waals surface area contributed by atoms with Gasteiger partial charge >= 0.3 is 0 Å². The van der Waals surface area contributed by atoms with Crippen molar-refractivity contribution in [3.8, 4) is 5.88 Å². The van der Waals surface area contributed by atoms with Gasteiger partial charge in [-0.05, 0) is 6.07 Å². The highest BCUT2D eigenvalue weighted by Gasteiger charge is 2.34. The molecule has 19 heavy (non-hydrogen) atoms. The summed E-state index contributed by atoms with van der Waals surface area (Å²) >= 11 is 5.63. The van der Waals surface area contributed by atoms with E-state index in [-0.39, 0.29) is 22.8 Å². The number of hydrogen-bond acceptors (Lipinski definition) is 5. The van der Waals surface area contributed by atoms with E-state index in [4.69, 9.17) is 16.3 Å². The standard InChI is InChI=1S/C12H12ClFN2O3/c1-19-9-3-2-8-11(16-9)10(7(14)4-15-8)12(18,5-13)6-17/h2-4,17-18H,5-6H2,1H3/t12-/m1/s1. The maximum Gasteiger partial charge on any atom is 0.213 e. The molecule has 2 N–H and O–H groups in total. The highest BCUT2D eigenvalue weighted by molar-refractivity contribution is 6.18. The molecule has 0 saturated heterocycles. The number of aliphatic hydroxyl groups excluding tert-OH is 1. The lowest BCUT2D eigenvalue weighted by Gasteiger charge is -2.24. The van der Waals surface area contributed by atoms with Gasteiger partial charge < -0.3 is 14.9 Å². The van der Waals surface area contributed by atoms with Gasteiger partial charge in [0.15, 0.2) is 0 Å². The Hall–Kier alpha value is -1.50. The van der Waals surface area contributed by atoms with Crippen LogP contribution in [0.25, 0.3) is 11.0 Å². The van der Waals surface area contributed by atoms with E-state index in [1.54, 1.807) is 12.1 Å². The van der Waals surface area contributed by atoms with Crippen molar-refractivity contribution in [1.82, 2.24) is 9.97 Å². The third-order valence-electron chi connectivity index (χ3n) is 2.80. The molecule has 2 heterocycles. The maximum absolute atomic E-state index is 14.0. The predicted octanol–water partition coefficient (Wildman–Crippen LogP) is 1.20. The molecule has 0 bridgehead atoms. The first-order chi connectivity index (χ1) is 9.05. The third-order valence-corrected chi connectivity index (χ3v) is 3.24. The zero-order valence-corrected chi connectivity index (χ0v) is 10.9. The maximum atomic E-state index is 14.0. The zero-order chi connectivity index (χ0) is 14.0. The summed E-state index contributed by atoms with van der Waals surface area (Å²) in [4.78, 5) is 7.93. The molecule has 0 saturated carbocycles. The van der Waals surface area contributed by atoms with Crippen molar-refractivity contribution in [2.75, 3.05) is 19.6 Å². The van der Waals surface area contributed by atoms with Crippen molar-refractivity contribution in [3.05, 3.63) is 29.7 Å². The van der Waals surface area contributed by atoms with Gasteiger partial charge in [-0.3, -0.25) is 4.98 Å². The average molecular weight is 287 g/mol. The van der Waals surface area contributed by atoms with E-state index in [2.05, 4.69) is 9.97 Å². The van der Waals surface area contributed by atoms with Crippen LogP contribution in [0.5, 0.6) is 5.88 Å². The number of aromatic nitrogens is 2. The topological polar surface area (TPSA) is 75.5 Å². The second-order valence-corrected chi connectivity index (χ2v) is 4.29. The molecule has 0 aromatic carbocycles. The Morgan fingerprint density at radius 3 is 2.79 bits per heavy atom. The van der Waals surface area contributed by atoms with Crippen LogP contribution in [0.2, 0.25) is 0 Å². The van der Waals surface area contributed by atoms with Gasteiger partial charge in [0.1, 0.15) is 16.9 Å². The molecular weight excluding hydrogens is 275 g/mol. The van der Waals surface area contributed by atoms with Crippen molar-refractivity contribution in [2.24, 2.45) is 0 Å². The van der Waals surface area contributed by atoms with E-state index >= 15 is 0 Å². The minimum Gasteiger partial charge on any atom is -0.481 e. The van der Waals surface area contributed by atoms with Crippen molar-refractivity contribution in [1.29, 1.82) is 0 Å². The van der Waals surface area contributed by atoms with E-state index in [9.17, 15) is 14.6 Å². The Kier molecular flexibility index (Phi) is 3.84. The molecular formula is C12H12ClFN2O3. The Morgan fingerprint density at radius 2 is 2.21 bits per heavy atom. The van der Waals surface area contributed by atoms with Crippen molar-refractivity contribution in [2.45, 2.75) is 5.60 Å². The van der Waals surface area contributed by atoms with Crippen LogP contribution in [0.4, 0.5) is 4.39 Å². The number of ether oxygens (including phenoxy) is 1. The van der Waals surface area contributed by atoms with Gasteiger partial charge in [0.25, 0.3) is 0 Å². The van der Waals surface area contributed by atoms with Gasteiger partial charge in [0.2, 0.25) is 5.88 Å². The third kappa shape index (κ3) is 2.34. The number of fused-ring (bicyclic) bond motifs is 1. The summed E-state index contributed by atoms with van der Waals surface area (Å²) in [6.07, 6.45) is 0.957. The number of methoxy groups -OCH3 is 1. The lowest BCUT2D eigenvalue weighted by Crippen LogP contribution is -2.34. The number of halogens is 2. The Labute approximate surface area is 113 Å². The van der Waals surface area contributed by atoms with Gasteiger partial charge in [-0.1, -0.05) is 0 Å². The molecule has 0 aliphatic heterocycles.